The number of nitrogens with zero attached hydrogens (tertiary/aromatic N) is 2. The number of β-amino-alcohol motifs (C(OH)–C–C–N with tert-alkyl or cyclic N) is 1. The third-order valence-electron chi connectivity index (χ3n) is 4.37. The second-order valence-corrected chi connectivity index (χ2v) is 5.76. The summed E-state index contributed by atoms with van der Waals surface area (Å²) in [6.07, 6.45) is 1.40. The normalized spacial score (nSPS) is 19.6. The topological polar surface area (TPSA) is 37.6 Å². The molecule has 1 aromatic heterocycles. The molecule has 0 spiro atoms. The molecule has 2 heterocycles. The maximum atomic E-state index is 12.1. The lowest BCUT2D eigenvalue weighted by Crippen LogP contribution is -2.38. The molecule has 1 N–H and O–H groups in total. The van der Waals surface area contributed by atoms with Gasteiger partial charge in [0.15, 0.2) is 0 Å². The fourth-order valence-electron chi connectivity index (χ4n) is 3.08. The van der Waals surface area contributed by atoms with Crippen molar-refractivity contribution in [3.05, 3.63) is 53.9 Å². The molecule has 1 aliphatic heterocycles. The Hall–Kier alpha value is -1.92. The van der Waals surface area contributed by atoms with Crippen LogP contribution >= 0.6 is 0 Å². The van der Waals surface area contributed by atoms with Crippen LogP contribution in [0.1, 0.15) is 30.3 Å². The molecule has 0 unspecified atom stereocenters. The van der Waals surface area contributed by atoms with Crippen LogP contribution in [0.15, 0.2) is 42.6 Å². The van der Waals surface area contributed by atoms with E-state index in [1.54, 1.807) is 12.1 Å². The molecule has 0 aliphatic carbocycles. The second kappa shape index (κ2) is 6.68. The van der Waals surface area contributed by atoms with Crippen LogP contribution in [0.3, 0.4) is 0 Å². The van der Waals surface area contributed by atoms with Crippen LogP contribution in [0.4, 0.5) is 8.78 Å². The first-order chi connectivity index (χ1) is 11.0. The SMILES string of the molecule is C[C@H]1c2cccn2CCN1C[C@H](O)c1ccc(OC(F)F)cc1. The van der Waals surface area contributed by atoms with Gasteiger partial charge in [-0.05, 0) is 36.8 Å². The van der Waals surface area contributed by atoms with E-state index in [9.17, 15) is 13.9 Å². The van der Waals surface area contributed by atoms with Gasteiger partial charge in [0.1, 0.15) is 5.75 Å². The summed E-state index contributed by atoms with van der Waals surface area (Å²) in [6.45, 7) is 1.56. The number of aliphatic hydroxyl groups is 1. The maximum Gasteiger partial charge on any atom is 0.387 e. The van der Waals surface area contributed by atoms with Crippen LogP contribution in [0.25, 0.3) is 0 Å². The van der Waals surface area contributed by atoms with Gasteiger partial charge >= 0.3 is 6.61 Å². The number of halogens is 2. The number of fused-ring (bicyclic) bond motifs is 1. The Balaban J connectivity index is 1.64. The Bertz CT molecular complexity index is 642. The molecule has 2 atom stereocenters. The number of hydrogen-bond acceptors (Lipinski definition) is 3. The van der Waals surface area contributed by atoms with Crippen LogP contribution in [-0.4, -0.2) is 34.3 Å². The first-order valence-corrected chi connectivity index (χ1v) is 7.66. The van der Waals surface area contributed by atoms with E-state index < -0.39 is 12.7 Å². The fourth-order valence-corrected chi connectivity index (χ4v) is 3.08. The highest BCUT2D eigenvalue weighted by atomic mass is 19.3. The van der Waals surface area contributed by atoms with E-state index in [0.29, 0.717) is 12.1 Å². The van der Waals surface area contributed by atoms with E-state index in [-0.39, 0.29) is 11.8 Å². The van der Waals surface area contributed by atoms with Crippen molar-refractivity contribution in [1.82, 2.24) is 9.47 Å². The van der Waals surface area contributed by atoms with Crippen molar-refractivity contribution in [3.8, 4) is 5.75 Å². The summed E-state index contributed by atoms with van der Waals surface area (Å²) in [5.74, 6) is 0.0973. The van der Waals surface area contributed by atoms with Gasteiger partial charge in [-0.3, -0.25) is 4.90 Å². The van der Waals surface area contributed by atoms with E-state index in [1.807, 2.05) is 6.07 Å². The highest BCUT2D eigenvalue weighted by Gasteiger charge is 2.25. The highest BCUT2D eigenvalue weighted by Crippen LogP contribution is 2.28. The second-order valence-electron chi connectivity index (χ2n) is 5.76. The van der Waals surface area contributed by atoms with Crippen molar-refractivity contribution in [2.75, 3.05) is 13.1 Å². The van der Waals surface area contributed by atoms with Gasteiger partial charge in [0.25, 0.3) is 0 Å². The molecule has 23 heavy (non-hydrogen) atoms. The molecule has 0 amide bonds. The molecule has 0 saturated heterocycles. The predicted molar refractivity (Wildman–Crippen MR) is 82.5 cm³/mol. The number of ether oxygens (including phenoxy) is 1. The zero-order valence-electron chi connectivity index (χ0n) is 12.9. The molecule has 3 rings (SSSR count). The summed E-state index contributed by atoms with van der Waals surface area (Å²) >= 11 is 0. The van der Waals surface area contributed by atoms with Gasteiger partial charge in [-0.2, -0.15) is 8.78 Å². The third kappa shape index (κ3) is 3.54. The monoisotopic (exact) mass is 322 g/mol. The van der Waals surface area contributed by atoms with Crippen LogP contribution in [-0.2, 0) is 6.54 Å². The lowest BCUT2D eigenvalue weighted by atomic mass is 10.1. The Morgan fingerprint density at radius 1 is 1.22 bits per heavy atom. The third-order valence-corrected chi connectivity index (χ3v) is 4.37. The number of aromatic nitrogens is 1. The average Bonchev–Trinajstić information content (AvgIpc) is 2.99. The molecule has 0 saturated carbocycles. The van der Waals surface area contributed by atoms with Crippen molar-refractivity contribution < 1.29 is 18.6 Å². The van der Waals surface area contributed by atoms with Crippen molar-refractivity contribution in [3.63, 3.8) is 0 Å². The Morgan fingerprint density at radius 3 is 2.65 bits per heavy atom. The summed E-state index contributed by atoms with van der Waals surface area (Å²) in [7, 11) is 0. The molecule has 0 radical (unpaired) electrons. The molecule has 6 heteroatoms. The van der Waals surface area contributed by atoms with E-state index in [1.165, 1.54) is 17.8 Å². The molecule has 2 aromatic rings. The number of aliphatic hydroxyl groups excluding tert-OH is 1. The van der Waals surface area contributed by atoms with Crippen LogP contribution in [0.2, 0.25) is 0 Å². The maximum absolute atomic E-state index is 12.1. The van der Waals surface area contributed by atoms with Gasteiger partial charge in [0.05, 0.1) is 6.10 Å². The molecule has 4 nitrogen and oxygen atoms in total. The minimum atomic E-state index is -2.84. The van der Waals surface area contributed by atoms with E-state index in [0.717, 1.165) is 13.1 Å². The van der Waals surface area contributed by atoms with Crippen molar-refractivity contribution in [2.24, 2.45) is 0 Å². The molecule has 0 fully saturated rings. The summed E-state index contributed by atoms with van der Waals surface area (Å²) in [5, 5.41) is 10.4. The van der Waals surface area contributed by atoms with Crippen LogP contribution in [0, 0.1) is 0 Å². The minimum absolute atomic E-state index is 0.0973. The van der Waals surface area contributed by atoms with Crippen molar-refractivity contribution >= 4 is 0 Å². The lowest BCUT2D eigenvalue weighted by molar-refractivity contribution is -0.0498. The average molecular weight is 322 g/mol. The standard InChI is InChI=1S/C17H20F2N2O2/c1-12-15-3-2-8-20(15)9-10-21(12)11-16(22)13-4-6-14(7-5-13)23-17(18)19/h2-8,12,16-17,22H,9-11H2,1H3/t12-,16-/m0/s1. The molecule has 0 bridgehead atoms. The fraction of sp³-hybridized carbons (Fsp3) is 0.412. The number of rotatable bonds is 5. The van der Waals surface area contributed by atoms with Gasteiger partial charge < -0.3 is 14.4 Å². The van der Waals surface area contributed by atoms with E-state index >= 15 is 0 Å². The first kappa shape index (κ1) is 16.0. The van der Waals surface area contributed by atoms with Crippen molar-refractivity contribution in [2.45, 2.75) is 32.2 Å². The summed E-state index contributed by atoms with van der Waals surface area (Å²) in [4.78, 5) is 2.23. The van der Waals surface area contributed by atoms with E-state index in [2.05, 4.69) is 33.4 Å². The van der Waals surface area contributed by atoms with Crippen molar-refractivity contribution in [1.29, 1.82) is 0 Å². The summed E-state index contributed by atoms with van der Waals surface area (Å²) in [5.41, 5.74) is 1.93. The number of alkyl halides is 2. The minimum Gasteiger partial charge on any atom is -0.435 e. The Morgan fingerprint density at radius 2 is 1.96 bits per heavy atom. The Labute approximate surface area is 133 Å². The molecule has 124 valence electrons. The van der Waals surface area contributed by atoms with Gasteiger partial charge in [0.2, 0.25) is 0 Å². The van der Waals surface area contributed by atoms with Crippen LogP contribution in [0.5, 0.6) is 5.75 Å². The Kier molecular flexibility index (Phi) is 4.63. The van der Waals surface area contributed by atoms with Gasteiger partial charge in [-0.1, -0.05) is 12.1 Å². The number of hydrogen-bond donors (Lipinski definition) is 1. The zero-order valence-corrected chi connectivity index (χ0v) is 12.9. The summed E-state index contributed by atoms with van der Waals surface area (Å²) < 4.78 is 30.8. The quantitative estimate of drug-likeness (QED) is 0.918. The number of benzene rings is 1. The highest BCUT2D eigenvalue weighted by molar-refractivity contribution is 5.28. The molecular formula is C17H20F2N2O2. The van der Waals surface area contributed by atoms with Gasteiger partial charge in [-0.15, -0.1) is 0 Å². The van der Waals surface area contributed by atoms with Gasteiger partial charge in [0, 0.05) is 37.6 Å². The molecular weight excluding hydrogens is 302 g/mol. The van der Waals surface area contributed by atoms with Crippen LogP contribution < -0.4 is 4.74 Å². The first-order valence-electron chi connectivity index (χ1n) is 7.66. The molecule has 1 aliphatic rings. The lowest BCUT2D eigenvalue weighted by Gasteiger charge is -2.36. The zero-order chi connectivity index (χ0) is 16.4. The predicted octanol–water partition coefficient (Wildman–Crippen LogP) is 3.20. The summed E-state index contributed by atoms with van der Waals surface area (Å²) in [6, 6.07) is 10.5. The smallest absolute Gasteiger partial charge is 0.387 e. The molecule has 1 aromatic carbocycles. The van der Waals surface area contributed by atoms with Gasteiger partial charge in [-0.25, -0.2) is 0 Å². The largest absolute Gasteiger partial charge is 0.435 e. The van der Waals surface area contributed by atoms with E-state index in [4.69, 9.17) is 0 Å².